The molecule has 174 valence electrons. The number of methoxy groups -OCH3 is 2. The van der Waals surface area contributed by atoms with Crippen LogP contribution in [0.25, 0.3) is 5.57 Å². The number of nitrogens with zero attached hydrogens (tertiary/aromatic N) is 2. The Hall–Kier alpha value is -3.28. The fraction of sp³-hybridized carbons (Fsp3) is 0.407. The van der Waals surface area contributed by atoms with Gasteiger partial charge in [-0.15, -0.1) is 0 Å². The van der Waals surface area contributed by atoms with E-state index in [1.54, 1.807) is 14.2 Å². The lowest BCUT2D eigenvalue weighted by atomic mass is 9.97. The smallest absolute Gasteiger partial charge is 0.277 e. The van der Waals surface area contributed by atoms with Crippen LogP contribution in [0.1, 0.15) is 36.5 Å². The molecular formula is C27H32N2O4. The van der Waals surface area contributed by atoms with Crippen LogP contribution in [-0.2, 0) is 16.0 Å². The van der Waals surface area contributed by atoms with Gasteiger partial charge in [-0.25, -0.2) is 0 Å². The molecule has 2 heterocycles. The van der Waals surface area contributed by atoms with Gasteiger partial charge in [-0.3, -0.25) is 14.5 Å². The molecule has 6 nitrogen and oxygen atoms in total. The Labute approximate surface area is 195 Å². The zero-order chi connectivity index (χ0) is 23.5. The number of hydrogen-bond donors (Lipinski definition) is 0. The summed E-state index contributed by atoms with van der Waals surface area (Å²) in [7, 11) is 3.19. The number of benzene rings is 2. The van der Waals surface area contributed by atoms with Crippen molar-refractivity contribution in [2.24, 2.45) is 5.92 Å². The predicted octanol–water partition coefficient (Wildman–Crippen LogP) is 4.07. The number of hydrogen-bond acceptors (Lipinski definition) is 5. The van der Waals surface area contributed by atoms with Crippen LogP contribution in [0.2, 0.25) is 0 Å². The molecule has 2 aromatic rings. The Morgan fingerprint density at radius 1 is 0.909 bits per heavy atom. The first-order valence-corrected chi connectivity index (χ1v) is 11.6. The highest BCUT2D eigenvalue weighted by molar-refractivity contribution is 6.35. The fourth-order valence-corrected chi connectivity index (χ4v) is 4.55. The van der Waals surface area contributed by atoms with E-state index in [0.29, 0.717) is 41.7 Å². The van der Waals surface area contributed by atoms with Crippen LogP contribution in [0.15, 0.2) is 48.2 Å². The van der Waals surface area contributed by atoms with Crippen molar-refractivity contribution in [2.75, 3.05) is 33.9 Å². The van der Waals surface area contributed by atoms with E-state index in [0.717, 1.165) is 42.6 Å². The van der Waals surface area contributed by atoms with Crippen LogP contribution in [0.5, 0.6) is 11.5 Å². The molecule has 0 aliphatic carbocycles. The van der Waals surface area contributed by atoms with E-state index in [9.17, 15) is 9.59 Å². The summed E-state index contributed by atoms with van der Waals surface area (Å²) in [6.07, 6.45) is 2.60. The third-order valence-electron chi connectivity index (χ3n) is 6.66. The standard InChI is InChI=1S/C27H32N2O4/c1-18-5-8-21(9-6-18)24-25(28-14-11-19(2)12-15-28)27(31)29(26(24)30)16-13-20-7-10-22(32-3)23(17-20)33-4/h5-10,17,19H,11-16H2,1-4H3. The van der Waals surface area contributed by atoms with Crippen LogP contribution >= 0.6 is 0 Å². The minimum absolute atomic E-state index is 0.189. The minimum Gasteiger partial charge on any atom is -0.493 e. The second-order valence-corrected chi connectivity index (χ2v) is 8.96. The third kappa shape index (κ3) is 4.61. The van der Waals surface area contributed by atoms with E-state index >= 15 is 0 Å². The summed E-state index contributed by atoms with van der Waals surface area (Å²) in [6, 6.07) is 13.5. The second kappa shape index (κ2) is 9.69. The maximum atomic E-state index is 13.6. The normalized spacial score (nSPS) is 17.2. The Balaban J connectivity index is 1.61. The van der Waals surface area contributed by atoms with Crippen molar-refractivity contribution >= 4 is 17.4 Å². The lowest BCUT2D eigenvalue weighted by Crippen LogP contribution is -2.39. The molecule has 0 aromatic heterocycles. The molecule has 2 aliphatic heterocycles. The maximum Gasteiger partial charge on any atom is 0.277 e. The lowest BCUT2D eigenvalue weighted by Gasteiger charge is -2.32. The highest BCUT2D eigenvalue weighted by atomic mass is 16.5. The van der Waals surface area contributed by atoms with Crippen molar-refractivity contribution in [1.82, 2.24) is 9.80 Å². The number of aryl methyl sites for hydroxylation is 1. The average molecular weight is 449 g/mol. The molecule has 2 aromatic carbocycles. The van der Waals surface area contributed by atoms with Gasteiger partial charge in [-0.2, -0.15) is 0 Å². The van der Waals surface area contributed by atoms with E-state index < -0.39 is 0 Å². The fourth-order valence-electron chi connectivity index (χ4n) is 4.55. The monoisotopic (exact) mass is 448 g/mol. The first kappa shape index (κ1) is 22.9. The summed E-state index contributed by atoms with van der Waals surface area (Å²) >= 11 is 0. The number of likely N-dealkylation sites (tertiary alicyclic amines) is 1. The minimum atomic E-state index is -0.210. The summed E-state index contributed by atoms with van der Waals surface area (Å²) in [5.74, 6) is 1.52. The molecule has 0 N–H and O–H groups in total. The van der Waals surface area contributed by atoms with Crippen molar-refractivity contribution in [3.63, 3.8) is 0 Å². The molecule has 6 heteroatoms. The zero-order valence-corrected chi connectivity index (χ0v) is 19.9. The molecule has 2 amide bonds. The molecule has 0 bridgehead atoms. The van der Waals surface area contributed by atoms with Crippen LogP contribution in [0.3, 0.4) is 0 Å². The molecule has 1 saturated heterocycles. The van der Waals surface area contributed by atoms with Crippen LogP contribution < -0.4 is 9.47 Å². The number of amides is 2. The summed E-state index contributed by atoms with van der Waals surface area (Å²) in [6.45, 7) is 6.17. The number of rotatable bonds is 7. The van der Waals surface area contributed by atoms with Crippen molar-refractivity contribution < 1.29 is 19.1 Å². The van der Waals surface area contributed by atoms with E-state index in [1.165, 1.54) is 4.90 Å². The van der Waals surface area contributed by atoms with Crippen LogP contribution in [-0.4, -0.2) is 55.5 Å². The van der Waals surface area contributed by atoms with Crippen molar-refractivity contribution in [3.05, 3.63) is 64.9 Å². The zero-order valence-electron chi connectivity index (χ0n) is 19.9. The Kier molecular flexibility index (Phi) is 6.72. The van der Waals surface area contributed by atoms with Crippen molar-refractivity contribution in [3.8, 4) is 11.5 Å². The highest BCUT2D eigenvalue weighted by Crippen LogP contribution is 2.34. The summed E-state index contributed by atoms with van der Waals surface area (Å²) in [5.41, 5.74) is 3.99. The van der Waals surface area contributed by atoms with Gasteiger partial charge in [0.25, 0.3) is 11.8 Å². The SMILES string of the molecule is COc1ccc(CCN2C(=O)C(c3ccc(C)cc3)=C(N3CCC(C)CC3)C2=O)cc1OC. The topological polar surface area (TPSA) is 59.1 Å². The second-order valence-electron chi connectivity index (χ2n) is 8.96. The quantitative estimate of drug-likeness (QED) is 0.598. The summed E-state index contributed by atoms with van der Waals surface area (Å²) < 4.78 is 10.7. The van der Waals surface area contributed by atoms with E-state index in [1.807, 2.05) is 49.4 Å². The molecule has 1 fully saturated rings. The molecule has 0 saturated carbocycles. The van der Waals surface area contributed by atoms with Gasteiger partial charge in [-0.05, 0) is 55.4 Å². The largest absolute Gasteiger partial charge is 0.493 e. The molecule has 4 rings (SSSR count). The van der Waals surface area contributed by atoms with Gasteiger partial charge >= 0.3 is 0 Å². The molecular weight excluding hydrogens is 416 g/mol. The number of piperidine rings is 1. The van der Waals surface area contributed by atoms with E-state index in [2.05, 4.69) is 11.8 Å². The van der Waals surface area contributed by atoms with Crippen molar-refractivity contribution in [1.29, 1.82) is 0 Å². The van der Waals surface area contributed by atoms with Crippen LogP contribution in [0, 0.1) is 12.8 Å². The van der Waals surface area contributed by atoms with Gasteiger partial charge in [0.05, 0.1) is 19.8 Å². The van der Waals surface area contributed by atoms with Crippen LogP contribution in [0.4, 0.5) is 0 Å². The third-order valence-corrected chi connectivity index (χ3v) is 6.66. The molecule has 0 atom stereocenters. The first-order valence-electron chi connectivity index (χ1n) is 11.6. The van der Waals surface area contributed by atoms with Gasteiger partial charge in [0.2, 0.25) is 0 Å². The summed E-state index contributed by atoms with van der Waals surface area (Å²) in [5, 5.41) is 0. The predicted molar refractivity (Wildman–Crippen MR) is 128 cm³/mol. The average Bonchev–Trinajstić information content (AvgIpc) is 3.08. The molecule has 33 heavy (non-hydrogen) atoms. The lowest BCUT2D eigenvalue weighted by molar-refractivity contribution is -0.137. The van der Waals surface area contributed by atoms with Gasteiger partial charge in [-0.1, -0.05) is 42.8 Å². The van der Waals surface area contributed by atoms with Crippen molar-refractivity contribution in [2.45, 2.75) is 33.1 Å². The van der Waals surface area contributed by atoms with Gasteiger partial charge in [0.1, 0.15) is 5.70 Å². The van der Waals surface area contributed by atoms with E-state index in [-0.39, 0.29) is 11.8 Å². The molecule has 2 aliphatic rings. The Morgan fingerprint density at radius 3 is 2.21 bits per heavy atom. The van der Waals surface area contributed by atoms with Gasteiger partial charge in [0, 0.05) is 19.6 Å². The Morgan fingerprint density at radius 2 is 1.58 bits per heavy atom. The summed E-state index contributed by atoms with van der Waals surface area (Å²) in [4.78, 5) is 30.6. The Bertz CT molecular complexity index is 1070. The van der Waals surface area contributed by atoms with Gasteiger partial charge in [0.15, 0.2) is 11.5 Å². The molecule has 0 spiro atoms. The number of carbonyl (C=O) groups excluding carboxylic acids is 2. The first-order chi connectivity index (χ1) is 15.9. The number of carbonyl (C=O) groups is 2. The van der Waals surface area contributed by atoms with Gasteiger partial charge < -0.3 is 14.4 Å². The highest BCUT2D eigenvalue weighted by Gasteiger charge is 2.41. The molecule has 0 radical (unpaired) electrons. The van der Waals surface area contributed by atoms with E-state index in [4.69, 9.17) is 9.47 Å². The maximum absolute atomic E-state index is 13.6. The number of imide groups is 1. The number of ether oxygens (including phenoxy) is 2. The molecule has 0 unspecified atom stereocenters.